The molecule has 1 saturated heterocycles. The normalized spacial score (nSPS) is 19.7. The van der Waals surface area contributed by atoms with Gasteiger partial charge in [-0.15, -0.1) is 0 Å². The maximum atomic E-state index is 5.50. The molecule has 6 nitrogen and oxygen atoms in total. The van der Waals surface area contributed by atoms with Gasteiger partial charge < -0.3 is 10.2 Å². The molecule has 1 aromatic rings. The number of nitrogens with two attached hydrogens (primary N) is 1. The topological polar surface area (TPSA) is 76.3 Å². The van der Waals surface area contributed by atoms with Gasteiger partial charge in [0.25, 0.3) is 0 Å². The van der Waals surface area contributed by atoms with Gasteiger partial charge in [-0.05, 0) is 32.7 Å². The molecule has 3 N–H and O–H groups in total. The second-order valence-electron chi connectivity index (χ2n) is 5.24. The van der Waals surface area contributed by atoms with Crippen LogP contribution in [0.25, 0.3) is 0 Å². The van der Waals surface area contributed by atoms with Crippen molar-refractivity contribution in [2.45, 2.75) is 26.3 Å². The summed E-state index contributed by atoms with van der Waals surface area (Å²) in [5, 5.41) is 0. The summed E-state index contributed by atoms with van der Waals surface area (Å²) < 4.78 is 5.50. The van der Waals surface area contributed by atoms with Gasteiger partial charge in [0.2, 0.25) is 0 Å². The zero-order valence-corrected chi connectivity index (χ0v) is 11.7. The lowest BCUT2D eigenvalue weighted by Gasteiger charge is -2.26. The minimum atomic E-state index is 0.621. The molecule has 1 aliphatic heterocycles. The highest BCUT2D eigenvalue weighted by Crippen LogP contribution is 2.15. The van der Waals surface area contributed by atoms with Crippen molar-refractivity contribution >= 4 is 5.82 Å². The van der Waals surface area contributed by atoms with Crippen molar-refractivity contribution in [1.29, 1.82) is 0 Å². The molecule has 0 spiro atoms. The fourth-order valence-corrected chi connectivity index (χ4v) is 2.47. The number of aryl methyl sites for hydroxylation is 1. The van der Waals surface area contributed by atoms with Crippen molar-refractivity contribution in [1.82, 2.24) is 14.9 Å². The van der Waals surface area contributed by atoms with Crippen LogP contribution in [0.3, 0.4) is 0 Å². The van der Waals surface area contributed by atoms with Gasteiger partial charge in [0.15, 0.2) is 0 Å². The Morgan fingerprint density at radius 1 is 1.53 bits per heavy atom. The monoisotopic (exact) mass is 265 g/mol. The second-order valence-corrected chi connectivity index (χ2v) is 5.24. The number of nitrogens with one attached hydrogen (secondary N) is 1. The van der Waals surface area contributed by atoms with Gasteiger partial charge in [0, 0.05) is 24.9 Å². The molecule has 0 amide bonds. The van der Waals surface area contributed by atoms with Gasteiger partial charge in [0.05, 0.1) is 13.2 Å². The molecule has 0 radical (unpaired) electrons. The molecule has 0 aromatic carbocycles. The average molecular weight is 265 g/mol. The maximum absolute atomic E-state index is 5.50. The number of nitrogen functional groups attached to an aromatic ring is 1. The second kappa shape index (κ2) is 6.79. The van der Waals surface area contributed by atoms with Crippen molar-refractivity contribution in [2.75, 3.05) is 32.2 Å². The lowest BCUT2D eigenvalue weighted by atomic mass is 10.0. The number of hydrogen-bond donors (Lipinski definition) is 2. The first-order valence-electron chi connectivity index (χ1n) is 6.75. The average Bonchev–Trinajstić information content (AvgIpc) is 2.38. The Labute approximate surface area is 114 Å². The Hall–Kier alpha value is -1.24. The fourth-order valence-electron chi connectivity index (χ4n) is 2.47. The van der Waals surface area contributed by atoms with Crippen LogP contribution in [-0.2, 0) is 11.3 Å². The first kappa shape index (κ1) is 14.2. The van der Waals surface area contributed by atoms with Crippen molar-refractivity contribution in [3.63, 3.8) is 0 Å². The highest BCUT2D eigenvalue weighted by atomic mass is 16.5. The quantitative estimate of drug-likeness (QED) is 0.609. The van der Waals surface area contributed by atoms with Crippen LogP contribution in [0.1, 0.15) is 24.4 Å². The van der Waals surface area contributed by atoms with Crippen molar-refractivity contribution < 1.29 is 4.74 Å². The third-order valence-electron chi connectivity index (χ3n) is 3.28. The van der Waals surface area contributed by atoms with Crippen molar-refractivity contribution in [2.24, 2.45) is 11.8 Å². The minimum Gasteiger partial charge on any atom is -0.381 e. The molecule has 2 heterocycles. The summed E-state index contributed by atoms with van der Waals surface area (Å²) in [5.41, 5.74) is 3.50. The molecule has 1 aliphatic rings. The molecule has 1 fully saturated rings. The van der Waals surface area contributed by atoms with Crippen LogP contribution >= 0.6 is 0 Å². The molecule has 2 rings (SSSR count). The maximum Gasteiger partial charge on any atom is 0.144 e. The van der Waals surface area contributed by atoms with E-state index in [1.165, 1.54) is 12.8 Å². The van der Waals surface area contributed by atoms with Crippen LogP contribution in [-0.4, -0.2) is 41.7 Å². The number of rotatable bonds is 5. The van der Waals surface area contributed by atoms with Gasteiger partial charge in [-0.25, -0.2) is 15.8 Å². The third-order valence-corrected chi connectivity index (χ3v) is 3.28. The molecule has 0 saturated carbocycles. The Morgan fingerprint density at radius 2 is 2.37 bits per heavy atom. The summed E-state index contributed by atoms with van der Waals surface area (Å²) in [6.45, 7) is 5.47. The molecule has 0 aliphatic carbocycles. The van der Waals surface area contributed by atoms with Gasteiger partial charge in [-0.1, -0.05) is 0 Å². The molecule has 1 aromatic heterocycles. The third kappa shape index (κ3) is 4.41. The van der Waals surface area contributed by atoms with Gasteiger partial charge in [-0.2, -0.15) is 0 Å². The van der Waals surface area contributed by atoms with Gasteiger partial charge >= 0.3 is 0 Å². The number of nitrogens with zero attached hydrogens (tertiary/aromatic N) is 3. The van der Waals surface area contributed by atoms with E-state index in [9.17, 15) is 0 Å². The van der Waals surface area contributed by atoms with E-state index in [4.69, 9.17) is 10.6 Å². The summed E-state index contributed by atoms with van der Waals surface area (Å²) >= 11 is 0. The van der Waals surface area contributed by atoms with Gasteiger partial charge in [-0.3, -0.25) is 4.90 Å². The first-order valence-corrected chi connectivity index (χ1v) is 6.75. The van der Waals surface area contributed by atoms with Gasteiger partial charge in [0.1, 0.15) is 11.6 Å². The first-order chi connectivity index (χ1) is 9.17. The number of hydrazine groups is 1. The van der Waals surface area contributed by atoms with E-state index in [0.717, 1.165) is 37.8 Å². The highest BCUT2D eigenvalue weighted by Gasteiger charge is 2.16. The summed E-state index contributed by atoms with van der Waals surface area (Å²) in [5.74, 6) is 7.48. The van der Waals surface area contributed by atoms with E-state index in [-0.39, 0.29) is 0 Å². The van der Waals surface area contributed by atoms with Crippen LogP contribution < -0.4 is 11.3 Å². The van der Waals surface area contributed by atoms with Crippen LogP contribution in [0.4, 0.5) is 5.82 Å². The predicted octanol–water partition coefficient (Wildman–Crippen LogP) is 0.929. The molecule has 1 unspecified atom stereocenters. The van der Waals surface area contributed by atoms with E-state index in [0.29, 0.717) is 11.7 Å². The zero-order chi connectivity index (χ0) is 13.7. The lowest BCUT2D eigenvalue weighted by Crippen LogP contribution is -2.31. The Morgan fingerprint density at radius 3 is 3.05 bits per heavy atom. The number of aromatic nitrogens is 2. The van der Waals surface area contributed by atoms with E-state index in [1.807, 2.05) is 13.0 Å². The predicted molar refractivity (Wildman–Crippen MR) is 74.5 cm³/mol. The fraction of sp³-hybridized carbons (Fsp3) is 0.692. The van der Waals surface area contributed by atoms with E-state index < -0.39 is 0 Å². The Balaban J connectivity index is 1.90. The SMILES string of the molecule is Cc1cc(NN)nc(CN(C)CC2CCCOC2)n1. The minimum absolute atomic E-state index is 0.621. The summed E-state index contributed by atoms with van der Waals surface area (Å²) in [6, 6.07) is 1.83. The zero-order valence-electron chi connectivity index (χ0n) is 11.7. The lowest BCUT2D eigenvalue weighted by molar-refractivity contribution is 0.0408. The highest BCUT2D eigenvalue weighted by molar-refractivity contribution is 5.33. The molecular formula is C13H23N5O. The Kier molecular flexibility index (Phi) is 5.07. The molecule has 19 heavy (non-hydrogen) atoms. The summed E-state index contributed by atoms with van der Waals surface area (Å²) in [6.07, 6.45) is 2.41. The molecule has 6 heteroatoms. The number of ether oxygens (including phenoxy) is 1. The molecule has 1 atom stereocenters. The van der Waals surface area contributed by atoms with Crippen LogP contribution in [0.15, 0.2) is 6.07 Å². The van der Waals surface area contributed by atoms with Crippen LogP contribution in [0.2, 0.25) is 0 Å². The summed E-state index contributed by atoms with van der Waals surface area (Å²) in [4.78, 5) is 11.0. The molecular weight excluding hydrogens is 242 g/mol. The van der Waals surface area contributed by atoms with E-state index >= 15 is 0 Å². The standard InChI is InChI=1S/C13H23N5O/c1-10-6-12(17-14)16-13(15-10)8-18(2)7-11-4-3-5-19-9-11/h6,11H,3-5,7-9,14H2,1-2H3,(H,15,16,17). The number of anilines is 1. The van der Waals surface area contributed by atoms with E-state index in [2.05, 4.69) is 27.3 Å². The summed E-state index contributed by atoms with van der Waals surface area (Å²) in [7, 11) is 2.09. The van der Waals surface area contributed by atoms with Crippen molar-refractivity contribution in [3.05, 3.63) is 17.6 Å². The van der Waals surface area contributed by atoms with Crippen LogP contribution in [0.5, 0.6) is 0 Å². The van der Waals surface area contributed by atoms with Crippen molar-refractivity contribution in [3.8, 4) is 0 Å². The largest absolute Gasteiger partial charge is 0.381 e. The molecule has 0 bridgehead atoms. The number of hydrogen-bond acceptors (Lipinski definition) is 6. The molecule has 106 valence electrons. The van der Waals surface area contributed by atoms with E-state index in [1.54, 1.807) is 0 Å². The smallest absolute Gasteiger partial charge is 0.144 e. The van der Waals surface area contributed by atoms with Crippen LogP contribution in [0, 0.1) is 12.8 Å². The Bertz CT molecular complexity index is 406.